The van der Waals surface area contributed by atoms with Gasteiger partial charge in [0.1, 0.15) is 29.5 Å². The molecule has 0 saturated carbocycles. The molecule has 18 nitrogen and oxygen atoms in total. The fraction of sp³-hybridized carbons (Fsp3) is 0.510. The fourth-order valence-electron chi connectivity index (χ4n) is 10.8. The first-order valence-electron chi connectivity index (χ1n) is 24.0. The Hall–Kier alpha value is -6.44. The van der Waals surface area contributed by atoms with Crippen molar-refractivity contribution >= 4 is 67.3 Å². The number of aromatic nitrogens is 4. The van der Waals surface area contributed by atoms with E-state index in [1.54, 1.807) is 26.8 Å². The van der Waals surface area contributed by atoms with Gasteiger partial charge in [-0.1, -0.05) is 39.8 Å². The zero-order valence-electron chi connectivity index (χ0n) is 39.6. The number of methoxy groups -OCH3 is 1. The minimum Gasteiger partial charge on any atom is -0.465 e. The van der Waals surface area contributed by atoms with Crippen LogP contribution in [0, 0.1) is 17.7 Å². The van der Waals surface area contributed by atoms with Crippen LogP contribution in [-0.2, 0) is 24.2 Å². The van der Waals surface area contributed by atoms with Crippen LogP contribution in [0.1, 0.15) is 113 Å². The van der Waals surface area contributed by atoms with Crippen LogP contribution in [0.5, 0.6) is 0 Å². The third-order valence-corrected chi connectivity index (χ3v) is 16.0. The Bertz CT molecular complexity index is 2870. The summed E-state index contributed by atoms with van der Waals surface area (Å²) in [4.78, 5) is 75.9. The first-order valence-corrected chi connectivity index (χ1v) is 25.8. The second kappa shape index (κ2) is 19.2. The normalized spacial score (nSPS) is 22.5. The van der Waals surface area contributed by atoms with Crippen molar-refractivity contribution in [2.24, 2.45) is 11.8 Å². The van der Waals surface area contributed by atoms with Crippen LogP contribution in [0.2, 0.25) is 0 Å². The fourth-order valence-corrected chi connectivity index (χ4v) is 12.0. The molecule has 0 aliphatic carbocycles. The van der Waals surface area contributed by atoms with Gasteiger partial charge >= 0.3 is 12.2 Å². The Kier molecular flexibility index (Phi) is 13.2. The predicted molar refractivity (Wildman–Crippen MR) is 258 cm³/mol. The lowest BCUT2D eigenvalue weighted by atomic mass is 10.0. The number of carbonyl (C=O) groups is 4. The summed E-state index contributed by atoms with van der Waals surface area (Å²) >= 11 is 0. The number of likely N-dealkylation sites (tertiary alicyclic amines) is 2. The zero-order chi connectivity index (χ0) is 48.9. The number of ether oxygens (including phenoxy) is 1. The molecule has 6 atom stereocenters. The lowest BCUT2D eigenvalue weighted by molar-refractivity contribution is -0.136. The third-order valence-electron chi connectivity index (χ3n) is 14.4. The number of anilines is 2. The highest BCUT2D eigenvalue weighted by atomic mass is 32.2. The first kappa shape index (κ1) is 47.6. The van der Waals surface area contributed by atoms with E-state index >= 15 is 4.39 Å². The number of carboxylic acid groups (broad SMARTS) is 1. The summed E-state index contributed by atoms with van der Waals surface area (Å²) in [6, 6.07) is 14.6. The summed E-state index contributed by atoms with van der Waals surface area (Å²) < 4.78 is 45.7. The molecule has 0 unspecified atom stereocenters. The number of amides is 4. The van der Waals surface area contributed by atoms with Crippen molar-refractivity contribution in [2.45, 2.75) is 102 Å². The largest absolute Gasteiger partial charge is 0.465 e. The molecule has 4 aliphatic heterocycles. The highest BCUT2D eigenvalue weighted by molar-refractivity contribution is 7.91. The molecule has 6 heterocycles. The Morgan fingerprint density at radius 2 is 1.22 bits per heavy atom. The van der Waals surface area contributed by atoms with Crippen molar-refractivity contribution in [1.82, 2.24) is 40.4 Å². The van der Waals surface area contributed by atoms with Crippen molar-refractivity contribution in [3.63, 3.8) is 0 Å². The van der Waals surface area contributed by atoms with Gasteiger partial charge < -0.3 is 50.0 Å². The van der Waals surface area contributed by atoms with Gasteiger partial charge in [-0.25, -0.2) is 32.4 Å². The third kappa shape index (κ3) is 9.51. The van der Waals surface area contributed by atoms with Crippen LogP contribution in [0.4, 0.5) is 25.4 Å². The molecular weight excluding hydrogens is 908 g/mol. The molecule has 3 aromatic carbocycles. The smallest absolute Gasteiger partial charge is 0.407 e. The number of hydrogen-bond acceptors (Lipinski definition) is 11. The molecule has 0 bridgehead atoms. The van der Waals surface area contributed by atoms with Crippen LogP contribution in [-0.4, -0.2) is 124 Å². The number of H-pyrrole nitrogens is 2. The van der Waals surface area contributed by atoms with E-state index in [2.05, 4.69) is 37.6 Å². The number of halogens is 1. The molecule has 4 aliphatic rings. The maximum atomic E-state index is 16.4. The zero-order valence-corrected chi connectivity index (χ0v) is 40.4. The summed E-state index contributed by atoms with van der Waals surface area (Å²) in [6.45, 7) is 8.83. The first-order chi connectivity index (χ1) is 33.0. The van der Waals surface area contributed by atoms with Gasteiger partial charge in [0.05, 0.1) is 70.5 Å². The van der Waals surface area contributed by atoms with Crippen LogP contribution in [0.3, 0.4) is 0 Å². The molecule has 4 fully saturated rings. The average Bonchev–Trinajstić information content (AvgIpc) is 4.18. The molecule has 4 amide bonds. The van der Waals surface area contributed by atoms with Gasteiger partial charge in [0.2, 0.25) is 11.8 Å². The SMILES string of the molecule is COC(=O)N[C@H](C(=O)N1CCC[C@H]1c1nc2ccc([C@H]3CC[C@H](c4ccc5nc([C@@H]6CCCN6C(=O)[C@@H](NC(=O)O)C(C)C)[nH]c5c4)N3c3ccc(N4CCS(=O)(=O)CC4)c(F)c3)cc2[nH]1)C(C)C. The molecule has 0 radical (unpaired) electrons. The average molecular weight is 969 g/mol. The van der Waals surface area contributed by atoms with E-state index in [9.17, 15) is 32.7 Å². The highest BCUT2D eigenvalue weighted by Crippen LogP contribution is 2.48. The van der Waals surface area contributed by atoms with Crippen molar-refractivity contribution in [1.29, 1.82) is 0 Å². The minimum atomic E-state index is -3.17. The second-order valence-corrected chi connectivity index (χ2v) is 21.8. The number of imidazole rings is 2. The van der Waals surface area contributed by atoms with Crippen LogP contribution in [0.25, 0.3) is 22.1 Å². The molecule has 2 aromatic heterocycles. The summed E-state index contributed by atoms with van der Waals surface area (Å²) in [7, 11) is -1.90. The maximum Gasteiger partial charge on any atom is 0.407 e. The van der Waals surface area contributed by atoms with E-state index in [4.69, 9.17) is 14.7 Å². The van der Waals surface area contributed by atoms with Gasteiger partial charge in [-0.3, -0.25) is 9.59 Å². The van der Waals surface area contributed by atoms with Gasteiger partial charge in [-0.2, -0.15) is 0 Å². The van der Waals surface area contributed by atoms with E-state index in [1.807, 2.05) is 58.0 Å². The van der Waals surface area contributed by atoms with Crippen molar-refractivity contribution in [3.05, 3.63) is 83.2 Å². The number of benzene rings is 3. The Labute approximate surface area is 400 Å². The number of nitrogens with one attached hydrogen (secondary N) is 4. The summed E-state index contributed by atoms with van der Waals surface area (Å²) in [5.74, 6) is -0.110. The number of hydrogen-bond donors (Lipinski definition) is 5. The quantitative estimate of drug-likeness (QED) is 0.0861. The molecular formula is C49H61FN10O8S. The summed E-state index contributed by atoms with van der Waals surface area (Å²) in [5.41, 5.74) is 6.03. The van der Waals surface area contributed by atoms with Gasteiger partial charge in [-0.05, 0) is 104 Å². The van der Waals surface area contributed by atoms with Crippen LogP contribution < -0.4 is 20.4 Å². The van der Waals surface area contributed by atoms with E-state index in [1.165, 1.54) is 7.11 Å². The lowest BCUT2D eigenvalue weighted by Gasteiger charge is -2.34. The summed E-state index contributed by atoms with van der Waals surface area (Å²) in [5, 5.41) is 14.6. The van der Waals surface area contributed by atoms with Crippen LogP contribution >= 0.6 is 0 Å². The number of carbonyl (C=O) groups excluding carboxylic acids is 3. The second-order valence-electron chi connectivity index (χ2n) is 19.5. The molecule has 20 heteroatoms. The van der Waals surface area contributed by atoms with Gasteiger partial charge in [0, 0.05) is 31.9 Å². The molecule has 4 saturated heterocycles. The molecule has 5 N–H and O–H groups in total. The van der Waals surface area contributed by atoms with E-state index in [0.717, 1.165) is 58.9 Å². The van der Waals surface area contributed by atoms with Gasteiger partial charge in [-0.15, -0.1) is 0 Å². The number of rotatable bonds is 12. The van der Waals surface area contributed by atoms with Gasteiger partial charge in [0.15, 0.2) is 9.84 Å². The van der Waals surface area contributed by atoms with E-state index in [0.29, 0.717) is 49.0 Å². The standard InChI is InChI=1S/C49H61FN10O8S/c1-27(2)42(55-48(63)64)46(61)58-18-6-8-40(58)44-51-33-13-10-29(24-35(33)53-44)37-16-17-38(60(37)31-12-15-39(32(50)26-31)57-20-22-69(66,67)23-21-57)30-11-14-34-36(25-30)54-45(52-34)41-9-7-19-59(41)47(62)43(28(3)4)56-49(65)68-5/h10-15,24-28,37-38,40-43,55H,6-9,16-23H2,1-5H3,(H,51,53)(H,52,54)(H,56,65)(H,63,64)/t37-,38-,40+,41+,42+,43+/m1/s1. The number of aromatic amines is 2. The Morgan fingerprint density at radius 3 is 1.68 bits per heavy atom. The minimum absolute atomic E-state index is 0.0321. The highest BCUT2D eigenvalue weighted by Gasteiger charge is 2.41. The predicted octanol–water partition coefficient (Wildman–Crippen LogP) is 6.90. The molecule has 5 aromatic rings. The van der Waals surface area contributed by atoms with Gasteiger partial charge in [0.25, 0.3) is 0 Å². The Balaban J connectivity index is 1.03. The lowest BCUT2D eigenvalue weighted by Crippen LogP contribution is -2.51. The van der Waals surface area contributed by atoms with Crippen molar-refractivity contribution in [3.8, 4) is 0 Å². The van der Waals surface area contributed by atoms with E-state index in [-0.39, 0.29) is 72.4 Å². The topological polar surface area (TPSA) is 226 Å². The summed E-state index contributed by atoms with van der Waals surface area (Å²) in [6.07, 6.45) is 2.45. The number of alkyl carbamates (subject to hydrolysis) is 1. The molecule has 9 rings (SSSR count). The van der Waals surface area contributed by atoms with Crippen molar-refractivity contribution < 1.29 is 41.8 Å². The number of nitrogens with zero attached hydrogens (tertiary/aromatic N) is 6. The molecule has 368 valence electrons. The molecule has 0 spiro atoms. The number of fused-ring (bicyclic) bond motifs is 2. The van der Waals surface area contributed by atoms with E-state index < -0.39 is 39.9 Å². The number of sulfone groups is 1. The monoisotopic (exact) mass is 968 g/mol. The maximum absolute atomic E-state index is 16.4. The van der Waals surface area contributed by atoms with Crippen LogP contribution in [0.15, 0.2) is 54.6 Å². The molecule has 69 heavy (non-hydrogen) atoms. The van der Waals surface area contributed by atoms with Crippen molar-refractivity contribution in [2.75, 3.05) is 54.6 Å². The Morgan fingerprint density at radius 1 is 0.710 bits per heavy atom.